The normalized spacial score (nSPS) is 20.7. The van der Waals surface area contributed by atoms with Gasteiger partial charge in [-0.15, -0.1) is 0 Å². The predicted molar refractivity (Wildman–Crippen MR) is 98.4 cm³/mol. The molecular formula is C20H28N2O. The first-order valence-corrected chi connectivity index (χ1v) is 8.11. The molecule has 1 saturated carbocycles. The molecule has 0 bridgehead atoms. The summed E-state index contributed by atoms with van der Waals surface area (Å²) in [6, 6.07) is 8.32. The molecule has 3 rings (SSSR count). The quantitative estimate of drug-likeness (QED) is 0.713. The fraction of sp³-hybridized carbons (Fsp3) is 0.350. The molecule has 3 heteroatoms. The zero-order valence-corrected chi connectivity index (χ0v) is 14.2. The van der Waals surface area contributed by atoms with Gasteiger partial charge in [-0.25, -0.2) is 9.97 Å². The summed E-state index contributed by atoms with van der Waals surface area (Å²) in [4.78, 5) is 20.1. The first-order chi connectivity index (χ1) is 11.1. The van der Waals surface area contributed by atoms with Crippen LogP contribution in [0, 0.1) is 0 Å². The van der Waals surface area contributed by atoms with Crippen LogP contribution in [0.25, 0.3) is 11.1 Å². The highest BCUT2D eigenvalue weighted by atomic mass is 16.1. The lowest BCUT2D eigenvalue weighted by atomic mass is 9.69. The van der Waals surface area contributed by atoms with Crippen LogP contribution in [0.2, 0.25) is 0 Å². The summed E-state index contributed by atoms with van der Waals surface area (Å²) in [5.74, 6) is 0.280. The lowest BCUT2D eigenvalue weighted by molar-refractivity contribution is -0.120. The van der Waals surface area contributed by atoms with Gasteiger partial charge in [-0.2, -0.15) is 0 Å². The van der Waals surface area contributed by atoms with Gasteiger partial charge >= 0.3 is 0 Å². The number of hydrogen-bond acceptors (Lipinski definition) is 3. The molecule has 1 aromatic heterocycles. The number of benzene rings is 1. The predicted octanol–water partition coefficient (Wildman–Crippen LogP) is 5.23. The van der Waals surface area contributed by atoms with Crippen molar-refractivity contribution in [1.82, 2.24) is 9.97 Å². The fourth-order valence-electron chi connectivity index (χ4n) is 3.18. The molecule has 1 aliphatic carbocycles. The van der Waals surface area contributed by atoms with Crippen molar-refractivity contribution in [2.24, 2.45) is 0 Å². The van der Waals surface area contributed by atoms with Gasteiger partial charge in [0, 0.05) is 39.1 Å². The molecule has 1 fully saturated rings. The van der Waals surface area contributed by atoms with Crippen molar-refractivity contribution in [1.29, 1.82) is 0 Å². The highest BCUT2D eigenvalue weighted by Gasteiger charge is 2.34. The molecule has 3 nitrogen and oxygen atoms in total. The Balaban J connectivity index is 0.00000139. The van der Waals surface area contributed by atoms with E-state index in [1.54, 1.807) is 12.4 Å². The van der Waals surface area contributed by atoms with Crippen LogP contribution in [0.4, 0.5) is 0 Å². The Morgan fingerprint density at radius 1 is 1.13 bits per heavy atom. The summed E-state index contributed by atoms with van der Waals surface area (Å²) in [5, 5.41) is 0. The summed E-state index contributed by atoms with van der Waals surface area (Å²) >= 11 is 0. The maximum Gasteiger partial charge on any atom is 0.137 e. The summed E-state index contributed by atoms with van der Waals surface area (Å²) in [7, 11) is 0. The zero-order chi connectivity index (χ0) is 16.9. The summed E-state index contributed by atoms with van der Waals surface area (Å²) in [6.07, 6.45) is 7.12. The van der Waals surface area contributed by atoms with Crippen LogP contribution in [-0.2, 0) is 10.2 Å². The van der Waals surface area contributed by atoms with Crippen molar-refractivity contribution in [2.75, 3.05) is 0 Å². The van der Waals surface area contributed by atoms with Crippen LogP contribution in [0.3, 0.4) is 0 Å². The highest BCUT2D eigenvalue weighted by Crippen LogP contribution is 2.40. The molecule has 0 N–H and O–H groups in total. The Morgan fingerprint density at radius 2 is 1.83 bits per heavy atom. The third kappa shape index (κ3) is 3.92. The first-order valence-electron chi connectivity index (χ1n) is 8.11. The van der Waals surface area contributed by atoms with Crippen LogP contribution in [0.15, 0.2) is 55.1 Å². The van der Waals surface area contributed by atoms with E-state index in [1.165, 1.54) is 11.9 Å². The van der Waals surface area contributed by atoms with E-state index in [-0.39, 0.29) is 14.1 Å². The number of carbonyl (C=O) groups is 1. The molecule has 1 heterocycles. The second kappa shape index (κ2) is 7.32. The lowest BCUT2D eigenvalue weighted by Gasteiger charge is -2.34. The maximum atomic E-state index is 11.9. The average Bonchev–Trinajstić information content (AvgIpc) is 2.56. The van der Waals surface area contributed by atoms with Gasteiger partial charge in [-0.05, 0) is 17.5 Å². The van der Waals surface area contributed by atoms with Gasteiger partial charge in [-0.1, -0.05) is 57.2 Å². The van der Waals surface area contributed by atoms with Crippen molar-refractivity contribution < 1.29 is 7.65 Å². The first kappa shape index (κ1) is 17.1. The molecule has 1 atom stereocenters. The van der Waals surface area contributed by atoms with E-state index in [9.17, 15) is 4.79 Å². The van der Waals surface area contributed by atoms with Crippen LogP contribution >= 0.6 is 0 Å². The van der Waals surface area contributed by atoms with E-state index >= 15 is 0 Å². The molecule has 1 aliphatic rings. The largest absolute Gasteiger partial charge is 0.299 e. The molecule has 0 saturated heterocycles. The number of Topliss-reactive ketones (excluding diaryl/α,β-unsaturated/α-hetero) is 1. The molecule has 0 amide bonds. The summed E-state index contributed by atoms with van der Waals surface area (Å²) in [6.45, 7) is 10.2. The van der Waals surface area contributed by atoms with Crippen LogP contribution in [-0.4, -0.2) is 15.8 Å². The number of hydrogen-bond donors (Lipinski definition) is 0. The molecule has 23 heavy (non-hydrogen) atoms. The van der Waals surface area contributed by atoms with E-state index in [0.717, 1.165) is 23.1 Å². The number of aromatic nitrogens is 2. The summed E-state index contributed by atoms with van der Waals surface area (Å²) < 4.78 is 0. The van der Waals surface area contributed by atoms with Crippen molar-refractivity contribution in [3.8, 4) is 11.1 Å². The minimum Gasteiger partial charge on any atom is -0.299 e. The zero-order valence-electron chi connectivity index (χ0n) is 14.2. The third-order valence-corrected chi connectivity index (χ3v) is 4.13. The molecule has 124 valence electrons. The average molecular weight is 312 g/mol. The van der Waals surface area contributed by atoms with Gasteiger partial charge in [0.1, 0.15) is 12.1 Å². The van der Waals surface area contributed by atoms with Crippen molar-refractivity contribution in [3.63, 3.8) is 0 Å². The van der Waals surface area contributed by atoms with Gasteiger partial charge in [0.2, 0.25) is 0 Å². The van der Waals surface area contributed by atoms with Crippen LogP contribution in [0.1, 0.15) is 48.5 Å². The van der Waals surface area contributed by atoms with Crippen molar-refractivity contribution in [3.05, 3.63) is 60.7 Å². The lowest BCUT2D eigenvalue weighted by Crippen LogP contribution is -2.31. The second-order valence-corrected chi connectivity index (χ2v) is 6.09. The smallest absolute Gasteiger partial charge is 0.137 e. The van der Waals surface area contributed by atoms with E-state index < -0.39 is 0 Å². The van der Waals surface area contributed by atoms with Gasteiger partial charge in [0.25, 0.3) is 0 Å². The number of nitrogens with zero attached hydrogens (tertiary/aromatic N) is 2. The number of allylic oxidation sites excluding steroid dienone is 1. The van der Waals surface area contributed by atoms with Gasteiger partial charge in [0.05, 0.1) is 0 Å². The number of rotatable bonds is 2. The topological polar surface area (TPSA) is 42.9 Å². The number of carbonyl (C=O) groups excluding carboxylic acids is 1. The molecule has 0 unspecified atom stereocenters. The molecule has 2 aromatic rings. The highest BCUT2D eigenvalue weighted by molar-refractivity contribution is 5.84. The molecule has 0 spiro atoms. The third-order valence-electron chi connectivity index (χ3n) is 4.13. The Morgan fingerprint density at radius 3 is 2.48 bits per heavy atom. The van der Waals surface area contributed by atoms with Crippen molar-refractivity contribution in [2.45, 2.75) is 45.4 Å². The Labute approximate surface area is 141 Å². The molecule has 0 radical (unpaired) electrons. The summed E-state index contributed by atoms with van der Waals surface area (Å²) in [5.41, 5.74) is 4.13. The van der Waals surface area contributed by atoms with Crippen LogP contribution < -0.4 is 0 Å². The minimum absolute atomic E-state index is 0. The second-order valence-electron chi connectivity index (χ2n) is 6.09. The van der Waals surface area contributed by atoms with Crippen molar-refractivity contribution >= 4 is 5.78 Å². The maximum absolute atomic E-state index is 11.9. The van der Waals surface area contributed by atoms with E-state index in [1.807, 2.05) is 26.0 Å². The molecule has 0 aliphatic heterocycles. The van der Waals surface area contributed by atoms with Gasteiger partial charge in [0.15, 0.2) is 0 Å². The molecular weight excluding hydrogens is 284 g/mol. The number of ketones is 1. The van der Waals surface area contributed by atoms with E-state index in [2.05, 4.69) is 35.6 Å². The monoisotopic (exact) mass is 312 g/mol. The van der Waals surface area contributed by atoms with Gasteiger partial charge < -0.3 is 0 Å². The Bertz CT molecular complexity index is 686. The Hall–Kier alpha value is -2.29. The van der Waals surface area contributed by atoms with E-state index in [4.69, 9.17) is 0 Å². The van der Waals surface area contributed by atoms with Gasteiger partial charge in [-0.3, -0.25) is 4.79 Å². The Kier molecular flexibility index (Phi) is 5.43. The standard InChI is InChI=1S/C18H18N2O.C2H6.2H2/c1-13-6-17(21)9-18(2,8-13)16-5-3-4-14(7-16)15-10-19-12-20-11-15;1-2;;/h3-5,7,10-12H,1,6,8-9H2,2H3;1-2H3;2*1H/t18-;;;/m0.../s1. The minimum atomic E-state index is -0.155. The van der Waals surface area contributed by atoms with E-state index in [0.29, 0.717) is 12.8 Å². The SMILES string of the molecule is C=C1CC(=O)C[C@@](C)(c2cccc(-c3cncnc3)c2)C1.CC.[HH].[HH]. The fourth-order valence-corrected chi connectivity index (χ4v) is 3.18. The molecule has 1 aromatic carbocycles. The van der Waals surface area contributed by atoms with Crippen LogP contribution in [0.5, 0.6) is 0 Å².